The van der Waals surface area contributed by atoms with E-state index in [1.54, 1.807) is 47.8 Å². The third-order valence-corrected chi connectivity index (χ3v) is 7.90. The van der Waals surface area contributed by atoms with Crippen LogP contribution in [-0.4, -0.2) is 32.8 Å². The Morgan fingerprint density at radius 2 is 1.53 bits per heavy atom. The third-order valence-electron chi connectivity index (χ3n) is 5.27. The van der Waals surface area contributed by atoms with E-state index in [-0.39, 0.29) is 17.0 Å². The van der Waals surface area contributed by atoms with Crippen molar-refractivity contribution in [1.82, 2.24) is 10.9 Å². The Hall–Kier alpha value is -4.48. The largest absolute Gasteiger partial charge is 0.452 e. The van der Waals surface area contributed by atoms with Crippen LogP contribution in [0.5, 0.6) is 0 Å². The average Bonchev–Trinajstić information content (AvgIpc) is 3.50. The first-order chi connectivity index (χ1) is 18.3. The molecule has 2 N–H and O–H groups in total. The van der Waals surface area contributed by atoms with Crippen molar-refractivity contribution in [3.63, 3.8) is 0 Å². The standard InChI is InChI=1S/C27H23N3O6S2/c31-25(28-29-26(32)24-15-8-16-37-24)19-36-27(33)21-11-7-14-23(17-21)38(34,35)30(22-12-5-2-6-13-22)18-20-9-3-1-4-10-20/h1-17H,18-19H2,(H,28,31)(H,29,32). The number of amides is 2. The summed E-state index contributed by atoms with van der Waals surface area (Å²) in [7, 11) is -4.08. The number of hydrogen-bond acceptors (Lipinski definition) is 7. The lowest BCUT2D eigenvalue weighted by atomic mass is 10.2. The first-order valence-corrected chi connectivity index (χ1v) is 13.7. The van der Waals surface area contributed by atoms with Crippen molar-refractivity contribution >= 4 is 44.8 Å². The second-order valence-electron chi connectivity index (χ2n) is 7.92. The van der Waals surface area contributed by atoms with Crippen LogP contribution in [0.4, 0.5) is 5.69 Å². The number of esters is 1. The summed E-state index contributed by atoms with van der Waals surface area (Å²) in [5.74, 6) is -2.16. The lowest BCUT2D eigenvalue weighted by molar-refractivity contribution is -0.125. The molecule has 0 aliphatic carbocycles. The molecule has 11 heteroatoms. The van der Waals surface area contributed by atoms with Gasteiger partial charge in [-0.3, -0.25) is 24.7 Å². The number of nitrogens with zero attached hydrogens (tertiary/aromatic N) is 1. The van der Waals surface area contributed by atoms with E-state index in [0.717, 1.165) is 5.56 Å². The molecule has 9 nitrogen and oxygen atoms in total. The second-order valence-corrected chi connectivity index (χ2v) is 10.7. The zero-order chi connectivity index (χ0) is 27.0. The van der Waals surface area contributed by atoms with Gasteiger partial charge in [0.2, 0.25) is 0 Å². The van der Waals surface area contributed by atoms with Gasteiger partial charge < -0.3 is 4.74 Å². The van der Waals surface area contributed by atoms with Crippen molar-refractivity contribution in [2.75, 3.05) is 10.9 Å². The number of thiophene rings is 1. The monoisotopic (exact) mass is 549 g/mol. The summed E-state index contributed by atoms with van der Waals surface area (Å²) in [6.07, 6.45) is 0. The minimum Gasteiger partial charge on any atom is -0.452 e. The number of nitrogens with one attached hydrogen (secondary N) is 2. The Kier molecular flexibility index (Phi) is 8.51. The number of hydrogen-bond donors (Lipinski definition) is 2. The SMILES string of the molecule is O=C(COC(=O)c1cccc(S(=O)(=O)N(Cc2ccccc2)c2ccccc2)c1)NNC(=O)c1cccs1. The van der Waals surface area contributed by atoms with Gasteiger partial charge in [-0.1, -0.05) is 60.7 Å². The van der Waals surface area contributed by atoms with E-state index in [9.17, 15) is 22.8 Å². The smallest absolute Gasteiger partial charge is 0.338 e. The molecule has 3 aromatic carbocycles. The Labute approximate surface area is 223 Å². The first-order valence-electron chi connectivity index (χ1n) is 11.4. The van der Waals surface area contributed by atoms with E-state index >= 15 is 0 Å². The van der Waals surface area contributed by atoms with Crippen LogP contribution in [0.25, 0.3) is 0 Å². The molecule has 38 heavy (non-hydrogen) atoms. The van der Waals surface area contributed by atoms with Gasteiger partial charge in [-0.15, -0.1) is 11.3 Å². The number of carbonyl (C=O) groups is 3. The Morgan fingerprint density at radius 3 is 2.21 bits per heavy atom. The van der Waals surface area contributed by atoms with Crippen molar-refractivity contribution in [2.24, 2.45) is 0 Å². The van der Waals surface area contributed by atoms with Crippen molar-refractivity contribution in [3.05, 3.63) is 118 Å². The molecule has 0 saturated heterocycles. The summed E-state index contributed by atoms with van der Waals surface area (Å²) in [6, 6.07) is 26.5. The summed E-state index contributed by atoms with van der Waals surface area (Å²) < 4.78 is 33.7. The fraction of sp³-hybridized carbons (Fsp3) is 0.0741. The van der Waals surface area contributed by atoms with Crippen LogP contribution >= 0.6 is 11.3 Å². The van der Waals surface area contributed by atoms with E-state index in [4.69, 9.17) is 4.74 Å². The van der Waals surface area contributed by atoms with Gasteiger partial charge in [-0.25, -0.2) is 13.2 Å². The molecule has 4 aromatic rings. The van der Waals surface area contributed by atoms with Gasteiger partial charge in [-0.05, 0) is 47.3 Å². The maximum atomic E-state index is 13.7. The van der Waals surface area contributed by atoms with E-state index < -0.39 is 34.4 Å². The topological polar surface area (TPSA) is 122 Å². The van der Waals surface area contributed by atoms with Gasteiger partial charge in [0, 0.05) is 0 Å². The molecule has 194 valence electrons. The molecule has 0 bridgehead atoms. The van der Waals surface area contributed by atoms with Crippen LogP contribution in [0.3, 0.4) is 0 Å². The van der Waals surface area contributed by atoms with E-state index in [0.29, 0.717) is 10.6 Å². The van der Waals surface area contributed by atoms with E-state index in [1.165, 1.54) is 39.9 Å². The molecule has 0 unspecified atom stereocenters. The van der Waals surface area contributed by atoms with Gasteiger partial charge in [-0.2, -0.15) is 0 Å². The number of para-hydroxylation sites is 1. The van der Waals surface area contributed by atoms with Gasteiger partial charge >= 0.3 is 5.97 Å². The lowest BCUT2D eigenvalue weighted by Crippen LogP contribution is -2.43. The molecule has 0 aliphatic heterocycles. The Morgan fingerprint density at radius 1 is 0.816 bits per heavy atom. The summed E-state index contributed by atoms with van der Waals surface area (Å²) >= 11 is 1.20. The highest BCUT2D eigenvalue weighted by Gasteiger charge is 2.26. The summed E-state index contributed by atoms with van der Waals surface area (Å²) in [5, 5.41) is 1.72. The first kappa shape index (κ1) is 26.6. The molecule has 1 heterocycles. The van der Waals surface area contributed by atoms with E-state index in [1.807, 2.05) is 30.3 Å². The maximum absolute atomic E-state index is 13.7. The highest BCUT2D eigenvalue weighted by Crippen LogP contribution is 2.26. The molecule has 0 aliphatic rings. The van der Waals surface area contributed by atoms with Crippen molar-refractivity contribution < 1.29 is 27.5 Å². The zero-order valence-corrected chi connectivity index (χ0v) is 21.6. The van der Waals surface area contributed by atoms with Crippen molar-refractivity contribution in [1.29, 1.82) is 0 Å². The van der Waals surface area contributed by atoms with Crippen LogP contribution in [0.2, 0.25) is 0 Å². The molecule has 0 saturated carbocycles. The number of benzene rings is 3. The number of ether oxygens (including phenoxy) is 1. The quantitative estimate of drug-likeness (QED) is 0.242. The van der Waals surface area contributed by atoms with Crippen LogP contribution in [0, 0.1) is 0 Å². The van der Waals surface area contributed by atoms with Crippen LogP contribution in [-0.2, 0) is 26.1 Å². The summed E-state index contributed by atoms with van der Waals surface area (Å²) in [6.45, 7) is -0.593. The highest BCUT2D eigenvalue weighted by atomic mass is 32.2. The predicted octanol–water partition coefficient (Wildman–Crippen LogP) is 3.76. The van der Waals surface area contributed by atoms with Gasteiger partial charge in [0.15, 0.2) is 6.61 Å². The number of anilines is 1. The number of carbonyl (C=O) groups excluding carboxylic acids is 3. The van der Waals surface area contributed by atoms with Gasteiger partial charge in [0.05, 0.1) is 27.6 Å². The average molecular weight is 550 g/mol. The molecular formula is C27H23N3O6S2. The second kappa shape index (κ2) is 12.2. The third kappa shape index (κ3) is 6.64. The minimum absolute atomic E-state index is 0.0470. The molecule has 4 rings (SSSR count). The summed E-state index contributed by atoms with van der Waals surface area (Å²) in [5.41, 5.74) is 5.58. The van der Waals surface area contributed by atoms with Crippen LogP contribution < -0.4 is 15.2 Å². The highest BCUT2D eigenvalue weighted by molar-refractivity contribution is 7.92. The molecule has 0 atom stereocenters. The van der Waals surface area contributed by atoms with Crippen LogP contribution in [0.15, 0.2) is 107 Å². The minimum atomic E-state index is -4.08. The van der Waals surface area contributed by atoms with Gasteiger partial charge in [0.25, 0.3) is 21.8 Å². The fourth-order valence-electron chi connectivity index (χ4n) is 3.42. The molecule has 2 amide bonds. The number of rotatable bonds is 9. The van der Waals surface area contributed by atoms with Gasteiger partial charge in [0.1, 0.15) is 0 Å². The number of hydrazine groups is 1. The Balaban J connectivity index is 1.46. The van der Waals surface area contributed by atoms with E-state index in [2.05, 4.69) is 10.9 Å². The summed E-state index contributed by atoms with van der Waals surface area (Å²) in [4.78, 5) is 36.8. The zero-order valence-electron chi connectivity index (χ0n) is 19.9. The maximum Gasteiger partial charge on any atom is 0.338 e. The molecule has 1 aromatic heterocycles. The number of sulfonamides is 1. The normalized spacial score (nSPS) is 10.8. The predicted molar refractivity (Wildman–Crippen MR) is 143 cm³/mol. The molecule has 0 radical (unpaired) electrons. The molecular weight excluding hydrogens is 526 g/mol. The van der Waals surface area contributed by atoms with Crippen molar-refractivity contribution in [3.8, 4) is 0 Å². The van der Waals surface area contributed by atoms with Crippen molar-refractivity contribution in [2.45, 2.75) is 11.4 Å². The van der Waals surface area contributed by atoms with Crippen LogP contribution in [0.1, 0.15) is 25.6 Å². The molecule has 0 fully saturated rings. The Bertz CT molecular complexity index is 1510. The molecule has 0 spiro atoms. The fourth-order valence-corrected chi connectivity index (χ4v) is 5.53. The lowest BCUT2D eigenvalue weighted by Gasteiger charge is -2.25.